The third-order valence-corrected chi connectivity index (χ3v) is 2.98. The fourth-order valence-corrected chi connectivity index (χ4v) is 2.10. The summed E-state index contributed by atoms with van der Waals surface area (Å²) in [5, 5.41) is 9.17. The highest BCUT2D eigenvalue weighted by atomic mass is 17.1. The molecule has 1 aliphatic rings. The van der Waals surface area contributed by atoms with Crippen LogP contribution in [0.3, 0.4) is 0 Å². The van der Waals surface area contributed by atoms with Crippen molar-refractivity contribution in [2.75, 3.05) is 0 Å². The zero-order chi connectivity index (χ0) is 10.6. The lowest BCUT2D eigenvalue weighted by Crippen LogP contribution is -2.25. The van der Waals surface area contributed by atoms with E-state index in [9.17, 15) is 0 Å². The number of hydrogen-bond acceptors (Lipinski definition) is 2. The number of rotatable bonds is 2. The van der Waals surface area contributed by atoms with Gasteiger partial charge in [-0.15, -0.1) is 0 Å². The average molecular weight is 204 g/mol. The van der Waals surface area contributed by atoms with Gasteiger partial charge in [-0.1, -0.05) is 36.4 Å². The molecule has 0 saturated heterocycles. The summed E-state index contributed by atoms with van der Waals surface area (Å²) in [5.74, 6) is 0. The molecule has 0 bridgehead atoms. The Balaban J connectivity index is 2.35. The molecule has 0 aromatic heterocycles. The zero-order valence-corrected chi connectivity index (χ0v) is 8.73. The van der Waals surface area contributed by atoms with Crippen molar-refractivity contribution in [2.45, 2.75) is 31.3 Å². The first-order valence-corrected chi connectivity index (χ1v) is 5.43. The molecule has 0 fully saturated rings. The molecule has 0 aliphatic heterocycles. The summed E-state index contributed by atoms with van der Waals surface area (Å²) in [4.78, 5) is 4.76. The second kappa shape index (κ2) is 4.60. The largest absolute Gasteiger partial charge is 0.251 e. The quantitative estimate of drug-likeness (QED) is 0.454. The summed E-state index contributed by atoms with van der Waals surface area (Å²) in [7, 11) is 0. The summed E-state index contributed by atoms with van der Waals surface area (Å²) in [5.41, 5.74) is 0.392. The topological polar surface area (TPSA) is 29.5 Å². The lowest BCUT2D eigenvalue weighted by molar-refractivity contribution is -0.315. The third kappa shape index (κ3) is 2.11. The minimum atomic E-state index is -0.627. The van der Waals surface area contributed by atoms with Gasteiger partial charge in [-0.3, -0.25) is 5.26 Å². The Bertz CT molecular complexity index is 332. The average Bonchev–Trinajstić information content (AvgIpc) is 2.56. The van der Waals surface area contributed by atoms with E-state index in [0.717, 1.165) is 31.2 Å². The van der Waals surface area contributed by atoms with Crippen LogP contribution in [-0.4, -0.2) is 5.26 Å². The van der Waals surface area contributed by atoms with Gasteiger partial charge in [-0.25, -0.2) is 4.89 Å². The van der Waals surface area contributed by atoms with Crippen LogP contribution < -0.4 is 0 Å². The SMILES string of the molecule is OOC1(c2ccccc2)C=CCCCC1. The number of allylic oxidation sites excluding steroid dienone is 1. The molecular weight excluding hydrogens is 188 g/mol. The van der Waals surface area contributed by atoms with E-state index >= 15 is 0 Å². The van der Waals surface area contributed by atoms with Gasteiger partial charge >= 0.3 is 0 Å². The normalized spacial score (nSPS) is 26.2. The van der Waals surface area contributed by atoms with Gasteiger partial charge in [0, 0.05) is 0 Å². The van der Waals surface area contributed by atoms with Crippen LogP contribution in [0.2, 0.25) is 0 Å². The number of hydrogen-bond donors (Lipinski definition) is 1. The first-order valence-electron chi connectivity index (χ1n) is 5.43. The summed E-state index contributed by atoms with van der Waals surface area (Å²) in [6, 6.07) is 9.89. The Morgan fingerprint density at radius 2 is 1.93 bits per heavy atom. The van der Waals surface area contributed by atoms with E-state index in [4.69, 9.17) is 10.1 Å². The molecule has 0 saturated carbocycles. The van der Waals surface area contributed by atoms with Gasteiger partial charge in [-0.2, -0.15) is 0 Å². The van der Waals surface area contributed by atoms with Crippen LogP contribution >= 0.6 is 0 Å². The molecule has 80 valence electrons. The van der Waals surface area contributed by atoms with E-state index in [1.807, 2.05) is 36.4 Å². The van der Waals surface area contributed by atoms with Crippen molar-refractivity contribution in [3.8, 4) is 0 Å². The molecule has 1 atom stereocenters. The van der Waals surface area contributed by atoms with E-state index in [1.54, 1.807) is 0 Å². The fraction of sp³-hybridized carbons (Fsp3) is 0.385. The molecule has 0 heterocycles. The lowest BCUT2D eigenvalue weighted by Gasteiger charge is -2.26. The van der Waals surface area contributed by atoms with Crippen LogP contribution in [-0.2, 0) is 10.5 Å². The van der Waals surface area contributed by atoms with E-state index in [1.165, 1.54) is 0 Å². The van der Waals surface area contributed by atoms with Crippen LogP contribution in [0.5, 0.6) is 0 Å². The molecule has 0 radical (unpaired) electrons. The minimum absolute atomic E-state index is 0.627. The fourth-order valence-electron chi connectivity index (χ4n) is 2.10. The van der Waals surface area contributed by atoms with E-state index in [0.29, 0.717) is 0 Å². The predicted molar refractivity (Wildman–Crippen MR) is 59.4 cm³/mol. The lowest BCUT2D eigenvalue weighted by atomic mass is 9.89. The first-order chi connectivity index (χ1) is 7.37. The predicted octanol–water partition coefficient (Wildman–Crippen LogP) is 3.50. The minimum Gasteiger partial charge on any atom is -0.251 e. The van der Waals surface area contributed by atoms with Crippen LogP contribution in [0.15, 0.2) is 42.5 Å². The highest BCUT2D eigenvalue weighted by Gasteiger charge is 2.31. The van der Waals surface area contributed by atoms with Crippen molar-refractivity contribution >= 4 is 0 Å². The molecule has 1 aliphatic carbocycles. The standard InChI is InChI=1S/C13H16O2/c14-15-13(10-6-1-2-7-11-13)12-8-4-3-5-9-12/h3-6,8-10,14H,1-2,7,11H2. The molecule has 1 N–H and O–H groups in total. The zero-order valence-electron chi connectivity index (χ0n) is 8.73. The van der Waals surface area contributed by atoms with E-state index in [-0.39, 0.29) is 0 Å². The van der Waals surface area contributed by atoms with Crippen molar-refractivity contribution in [1.82, 2.24) is 0 Å². The van der Waals surface area contributed by atoms with Gasteiger partial charge in [0.15, 0.2) is 0 Å². The third-order valence-electron chi connectivity index (χ3n) is 2.98. The van der Waals surface area contributed by atoms with Crippen molar-refractivity contribution in [3.05, 3.63) is 48.0 Å². The number of benzene rings is 1. The molecule has 1 aromatic carbocycles. The molecule has 1 aromatic rings. The Kier molecular flexibility index (Phi) is 3.19. The Hall–Kier alpha value is -1.12. The molecule has 1 unspecified atom stereocenters. The molecule has 2 heteroatoms. The van der Waals surface area contributed by atoms with E-state index in [2.05, 4.69) is 6.08 Å². The van der Waals surface area contributed by atoms with Crippen LogP contribution in [0, 0.1) is 0 Å². The maximum atomic E-state index is 9.17. The van der Waals surface area contributed by atoms with Gasteiger partial charge < -0.3 is 0 Å². The van der Waals surface area contributed by atoms with Crippen molar-refractivity contribution in [2.24, 2.45) is 0 Å². The monoisotopic (exact) mass is 204 g/mol. The van der Waals surface area contributed by atoms with Crippen LogP contribution in [0.1, 0.15) is 31.2 Å². The van der Waals surface area contributed by atoms with Crippen LogP contribution in [0.4, 0.5) is 0 Å². The Morgan fingerprint density at radius 1 is 1.13 bits per heavy atom. The molecule has 2 nitrogen and oxygen atoms in total. The summed E-state index contributed by atoms with van der Waals surface area (Å²) >= 11 is 0. The van der Waals surface area contributed by atoms with Crippen molar-refractivity contribution < 1.29 is 10.1 Å². The molecule has 15 heavy (non-hydrogen) atoms. The van der Waals surface area contributed by atoms with Gasteiger partial charge in [0.05, 0.1) is 0 Å². The second-order valence-corrected chi connectivity index (χ2v) is 3.99. The van der Waals surface area contributed by atoms with Gasteiger partial charge in [0.2, 0.25) is 0 Å². The molecule has 2 rings (SSSR count). The first kappa shape index (κ1) is 10.4. The maximum absolute atomic E-state index is 9.17. The summed E-state index contributed by atoms with van der Waals surface area (Å²) in [6.07, 6.45) is 8.21. The van der Waals surface area contributed by atoms with E-state index < -0.39 is 5.60 Å². The second-order valence-electron chi connectivity index (χ2n) is 3.99. The highest BCUT2D eigenvalue weighted by molar-refractivity contribution is 5.28. The Morgan fingerprint density at radius 3 is 2.67 bits per heavy atom. The van der Waals surface area contributed by atoms with Gasteiger partial charge in [-0.05, 0) is 37.3 Å². The van der Waals surface area contributed by atoms with Crippen LogP contribution in [0.25, 0.3) is 0 Å². The van der Waals surface area contributed by atoms with Gasteiger partial charge in [0.25, 0.3) is 0 Å². The molecule has 0 spiro atoms. The van der Waals surface area contributed by atoms with Crippen molar-refractivity contribution in [3.63, 3.8) is 0 Å². The maximum Gasteiger partial charge on any atom is 0.146 e. The summed E-state index contributed by atoms with van der Waals surface area (Å²) < 4.78 is 0. The molecule has 0 amide bonds. The summed E-state index contributed by atoms with van der Waals surface area (Å²) in [6.45, 7) is 0. The van der Waals surface area contributed by atoms with Crippen molar-refractivity contribution in [1.29, 1.82) is 0 Å². The van der Waals surface area contributed by atoms with Gasteiger partial charge in [0.1, 0.15) is 5.60 Å². The Labute approximate surface area is 90.1 Å². The smallest absolute Gasteiger partial charge is 0.146 e. The molecular formula is C13H16O2. The highest BCUT2D eigenvalue weighted by Crippen LogP contribution is 2.34.